The van der Waals surface area contributed by atoms with Crippen molar-refractivity contribution < 1.29 is 5.11 Å². The van der Waals surface area contributed by atoms with Crippen LogP contribution in [-0.2, 0) is 0 Å². The number of aromatic nitrogens is 4. The zero-order valence-corrected chi connectivity index (χ0v) is 8.64. The van der Waals surface area contributed by atoms with Crippen LogP contribution in [0.2, 0.25) is 0 Å². The van der Waals surface area contributed by atoms with Gasteiger partial charge in [0.05, 0.1) is 6.33 Å². The van der Waals surface area contributed by atoms with E-state index in [2.05, 4.69) is 20.3 Å². The molecule has 0 bridgehead atoms. The van der Waals surface area contributed by atoms with E-state index in [-0.39, 0.29) is 11.6 Å². The van der Waals surface area contributed by atoms with Crippen LogP contribution in [0.4, 0.5) is 5.95 Å². The maximum absolute atomic E-state index is 12.1. The molecule has 2 aromatic heterocycles. The zero-order chi connectivity index (χ0) is 11.3. The van der Waals surface area contributed by atoms with Crippen molar-refractivity contribution in [1.82, 2.24) is 19.5 Å². The van der Waals surface area contributed by atoms with Crippen molar-refractivity contribution in [2.24, 2.45) is 0 Å². The maximum Gasteiger partial charge on any atom is 0.281 e. The van der Waals surface area contributed by atoms with Crippen molar-refractivity contribution in [2.45, 2.75) is 25.6 Å². The highest BCUT2D eigenvalue weighted by molar-refractivity contribution is 5.70. The number of H-pyrrole nitrogens is 1. The molecule has 7 heteroatoms. The summed E-state index contributed by atoms with van der Waals surface area (Å²) in [6.45, 7) is 1.87. The number of hydrogen-bond donors (Lipinski definition) is 3. The second-order valence-electron chi connectivity index (χ2n) is 3.96. The first-order valence-corrected chi connectivity index (χ1v) is 5.07. The molecule has 2 atom stereocenters. The number of hydrogen-bond acceptors (Lipinski definition) is 5. The largest absolute Gasteiger partial charge is 0.374 e. The number of aromatic amines is 1. The second-order valence-corrected chi connectivity index (χ2v) is 3.96. The van der Waals surface area contributed by atoms with Crippen LogP contribution >= 0.6 is 0 Å². The van der Waals surface area contributed by atoms with Crippen molar-refractivity contribution >= 4 is 17.1 Å². The highest BCUT2D eigenvalue weighted by atomic mass is 16.3. The van der Waals surface area contributed by atoms with Gasteiger partial charge in [-0.15, -0.1) is 0 Å². The number of nitrogens with zero attached hydrogens (tertiary/aromatic N) is 3. The van der Waals surface area contributed by atoms with E-state index in [0.717, 1.165) is 0 Å². The van der Waals surface area contributed by atoms with E-state index in [4.69, 9.17) is 0 Å². The van der Waals surface area contributed by atoms with Gasteiger partial charge in [0, 0.05) is 12.5 Å². The third-order valence-electron chi connectivity index (χ3n) is 2.79. The van der Waals surface area contributed by atoms with Crippen LogP contribution in [-0.4, -0.2) is 30.9 Å². The predicted molar refractivity (Wildman–Crippen MR) is 57.1 cm³/mol. The summed E-state index contributed by atoms with van der Waals surface area (Å²) in [5, 5.41) is 12.3. The second kappa shape index (κ2) is 3.05. The summed E-state index contributed by atoms with van der Waals surface area (Å²) in [5.41, 5.74) is 0.600. The van der Waals surface area contributed by atoms with Crippen LogP contribution in [0.15, 0.2) is 11.1 Å². The standard InChI is InChI=1S/C9H11N5O2/c1-4-2-5(15)12-9-13-7-6(10-3-11-7)8(16)14(4)9/h3-5,15H,2H2,1H3,(H,10,11)(H,12,13)/t4-,5+/m1/s1. The van der Waals surface area contributed by atoms with E-state index in [9.17, 15) is 9.90 Å². The monoisotopic (exact) mass is 221 g/mol. The Hall–Kier alpha value is -1.89. The fourth-order valence-corrected chi connectivity index (χ4v) is 2.05. The van der Waals surface area contributed by atoms with Gasteiger partial charge < -0.3 is 15.4 Å². The summed E-state index contributed by atoms with van der Waals surface area (Å²) in [4.78, 5) is 23.0. The number of anilines is 1. The Labute approximate surface area is 90.2 Å². The molecule has 16 heavy (non-hydrogen) atoms. The molecule has 2 aromatic rings. The van der Waals surface area contributed by atoms with Gasteiger partial charge in [0.1, 0.15) is 6.23 Å². The van der Waals surface area contributed by atoms with Gasteiger partial charge in [-0.1, -0.05) is 0 Å². The lowest BCUT2D eigenvalue weighted by Gasteiger charge is -2.28. The number of aliphatic hydroxyl groups excluding tert-OH is 1. The van der Waals surface area contributed by atoms with E-state index in [0.29, 0.717) is 23.5 Å². The van der Waals surface area contributed by atoms with Crippen LogP contribution < -0.4 is 10.9 Å². The molecular weight excluding hydrogens is 210 g/mol. The molecule has 3 heterocycles. The van der Waals surface area contributed by atoms with E-state index < -0.39 is 6.23 Å². The Kier molecular flexibility index (Phi) is 1.78. The lowest BCUT2D eigenvalue weighted by Crippen LogP contribution is -2.38. The highest BCUT2D eigenvalue weighted by Crippen LogP contribution is 2.23. The molecule has 0 saturated heterocycles. The number of aliphatic hydroxyl groups is 1. The van der Waals surface area contributed by atoms with Crippen molar-refractivity contribution in [2.75, 3.05) is 5.32 Å². The smallest absolute Gasteiger partial charge is 0.281 e. The average molecular weight is 221 g/mol. The molecule has 0 aliphatic carbocycles. The first-order chi connectivity index (χ1) is 7.66. The normalized spacial score (nSPS) is 24.1. The van der Waals surface area contributed by atoms with Crippen LogP contribution in [0.1, 0.15) is 19.4 Å². The van der Waals surface area contributed by atoms with Crippen LogP contribution in [0.25, 0.3) is 11.2 Å². The Bertz CT molecular complexity index is 601. The van der Waals surface area contributed by atoms with E-state index in [1.807, 2.05) is 6.92 Å². The third kappa shape index (κ3) is 1.15. The summed E-state index contributed by atoms with van der Waals surface area (Å²) >= 11 is 0. The van der Waals surface area contributed by atoms with Crippen LogP contribution in [0.3, 0.4) is 0 Å². The predicted octanol–water partition coefficient (Wildman–Crippen LogP) is -0.185. The fraction of sp³-hybridized carbons (Fsp3) is 0.444. The van der Waals surface area contributed by atoms with Gasteiger partial charge in [-0.25, -0.2) is 4.98 Å². The quantitative estimate of drug-likeness (QED) is 0.573. The summed E-state index contributed by atoms with van der Waals surface area (Å²) < 4.78 is 1.53. The Morgan fingerprint density at radius 1 is 1.62 bits per heavy atom. The minimum Gasteiger partial charge on any atom is -0.374 e. The molecule has 0 unspecified atom stereocenters. The molecule has 3 rings (SSSR count). The Balaban J connectivity index is 2.35. The number of rotatable bonds is 0. The lowest BCUT2D eigenvalue weighted by molar-refractivity contribution is 0.159. The lowest BCUT2D eigenvalue weighted by atomic mass is 10.2. The fourth-order valence-electron chi connectivity index (χ4n) is 2.05. The maximum atomic E-state index is 12.1. The Morgan fingerprint density at radius 2 is 2.44 bits per heavy atom. The number of imidazole rings is 1. The SMILES string of the molecule is C[C@@H]1C[C@H](O)Nc2nc3nc[nH]c3c(=O)n21. The van der Waals surface area contributed by atoms with Gasteiger partial charge in [0.15, 0.2) is 11.2 Å². The van der Waals surface area contributed by atoms with Crippen LogP contribution in [0, 0.1) is 0 Å². The minimum absolute atomic E-state index is 0.0843. The van der Waals surface area contributed by atoms with Gasteiger partial charge in [0.2, 0.25) is 5.95 Å². The van der Waals surface area contributed by atoms with Crippen molar-refractivity contribution in [3.05, 3.63) is 16.7 Å². The number of nitrogens with one attached hydrogen (secondary N) is 2. The van der Waals surface area contributed by atoms with Crippen molar-refractivity contribution in [3.8, 4) is 0 Å². The molecule has 7 nitrogen and oxygen atoms in total. The zero-order valence-electron chi connectivity index (χ0n) is 8.64. The topological polar surface area (TPSA) is 95.8 Å². The molecule has 0 amide bonds. The molecule has 1 aliphatic heterocycles. The average Bonchev–Trinajstić information content (AvgIpc) is 2.64. The van der Waals surface area contributed by atoms with Gasteiger partial charge in [-0.05, 0) is 6.92 Å². The molecule has 3 N–H and O–H groups in total. The van der Waals surface area contributed by atoms with E-state index in [1.54, 1.807) is 0 Å². The van der Waals surface area contributed by atoms with Gasteiger partial charge in [0.25, 0.3) is 5.56 Å². The highest BCUT2D eigenvalue weighted by Gasteiger charge is 2.25. The molecular formula is C9H11N5O2. The molecule has 1 aliphatic rings. The summed E-state index contributed by atoms with van der Waals surface area (Å²) in [7, 11) is 0. The third-order valence-corrected chi connectivity index (χ3v) is 2.79. The Morgan fingerprint density at radius 3 is 3.25 bits per heavy atom. The van der Waals surface area contributed by atoms with Gasteiger partial charge in [-0.3, -0.25) is 9.36 Å². The van der Waals surface area contributed by atoms with Crippen molar-refractivity contribution in [1.29, 1.82) is 0 Å². The van der Waals surface area contributed by atoms with Gasteiger partial charge in [-0.2, -0.15) is 4.98 Å². The molecule has 0 spiro atoms. The minimum atomic E-state index is -0.668. The summed E-state index contributed by atoms with van der Waals surface area (Å²) in [6, 6.07) is -0.0843. The summed E-state index contributed by atoms with van der Waals surface area (Å²) in [6.07, 6.45) is 1.25. The molecule has 84 valence electrons. The van der Waals surface area contributed by atoms with E-state index >= 15 is 0 Å². The van der Waals surface area contributed by atoms with Crippen molar-refractivity contribution in [3.63, 3.8) is 0 Å². The molecule has 0 aromatic carbocycles. The van der Waals surface area contributed by atoms with Crippen LogP contribution in [0.5, 0.6) is 0 Å². The number of fused-ring (bicyclic) bond motifs is 2. The van der Waals surface area contributed by atoms with Gasteiger partial charge >= 0.3 is 0 Å². The summed E-state index contributed by atoms with van der Waals surface area (Å²) in [5.74, 6) is 0.371. The molecule has 0 saturated carbocycles. The van der Waals surface area contributed by atoms with E-state index in [1.165, 1.54) is 10.9 Å². The first kappa shape index (κ1) is 9.34. The first-order valence-electron chi connectivity index (χ1n) is 5.07. The molecule has 0 fully saturated rings. The molecule has 0 radical (unpaired) electrons.